The van der Waals surface area contributed by atoms with Crippen molar-refractivity contribution in [2.75, 3.05) is 0 Å². The van der Waals surface area contributed by atoms with Gasteiger partial charge in [-0.05, 0) is 339 Å². The monoisotopic (exact) mass is 1710 g/mol. The van der Waals surface area contributed by atoms with Gasteiger partial charge in [-0.15, -0.1) is 0 Å². The molecule has 0 unspecified atom stereocenters. The Bertz CT molecular complexity index is 5360. The number of hydrogen-bond donors (Lipinski definition) is 32. The summed E-state index contributed by atoms with van der Waals surface area (Å²) in [5.74, 6) is -20.2. The van der Waals surface area contributed by atoms with Crippen molar-refractivity contribution in [3.05, 3.63) is 235 Å². The topological polar surface area (TPSA) is 647 Å². The van der Waals surface area contributed by atoms with Crippen molar-refractivity contribution in [1.29, 1.82) is 0 Å². The molecule has 124 heavy (non-hydrogen) atoms. The van der Waals surface area contributed by atoms with Gasteiger partial charge in [0.15, 0.2) is 138 Å². The molecule has 0 amide bonds. The molecule has 652 valence electrons. The van der Waals surface area contributed by atoms with Crippen LogP contribution in [0.15, 0.2) is 146 Å². The standard InChI is InChI=1S/2C46H46O16/c2*47-31-15-24(16-32(48)28(31)5-2-22-11-37(53)44(60)38(54)12-22)7-26(4-1-21-9-35(51)43(59)36(52)10-21)30(27-19-41(57)46(62)42(58)20-27)8-25-17-33(49)29(34(50)18-25)6-3-23-13-39(55)45(61)40(56)14-23/h2*9-20,26,30,47-62H,1-8H2/t2*26-,30-/m10/s1. The van der Waals surface area contributed by atoms with E-state index in [0.29, 0.717) is 66.8 Å². The second-order valence-corrected chi connectivity index (χ2v) is 30.8. The Kier molecular flexibility index (Phi) is 26.8. The Morgan fingerprint density at radius 2 is 0.274 bits per heavy atom. The summed E-state index contributed by atoms with van der Waals surface area (Å²) in [5, 5.41) is 332. The first-order chi connectivity index (χ1) is 58.6. The van der Waals surface area contributed by atoms with Crippen LogP contribution >= 0.6 is 0 Å². The first kappa shape index (κ1) is 89.0. The van der Waals surface area contributed by atoms with Gasteiger partial charge in [-0.25, -0.2) is 0 Å². The van der Waals surface area contributed by atoms with Crippen LogP contribution in [0.5, 0.6) is 184 Å². The molecule has 0 bridgehead atoms. The van der Waals surface area contributed by atoms with Crippen LogP contribution in [0.4, 0.5) is 0 Å². The molecule has 12 rings (SSSR count). The lowest BCUT2D eigenvalue weighted by Crippen LogP contribution is -2.19. The summed E-state index contributed by atoms with van der Waals surface area (Å²) in [6, 6.07) is 31.2. The highest BCUT2D eigenvalue weighted by atomic mass is 16.4. The molecule has 12 aromatic rings. The first-order valence-electron chi connectivity index (χ1n) is 38.7. The Morgan fingerprint density at radius 3 is 0.444 bits per heavy atom. The molecule has 0 heterocycles. The zero-order chi connectivity index (χ0) is 90.3. The molecule has 0 fully saturated rings. The second kappa shape index (κ2) is 37.3. The Labute approximate surface area is 705 Å². The third kappa shape index (κ3) is 20.7. The average Bonchev–Trinajstić information content (AvgIpc) is 0.796. The highest BCUT2D eigenvalue weighted by Crippen LogP contribution is 2.50. The zero-order valence-corrected chi connectivity index (χ0v) is 65.8. The normalized spacial score (nSPS) is 12.3. The van der Waals surface area contributed by atoms with Crippen molar-refractivity contribution in [2.45, 2.75) is 115 Å². The van der Waals surface area contributed by atoms with Gasteiger partial charge in [0.1, 0.15) is 46.0 Å². The van der Waals surface area contributed by atoms with Crippen LogP contribution < -0.4 is 0 Å². The van der Waals surface area contributed by atoms with Crippen LogP contribution in [0.25, 0.3) is 0 Å². The molecule has 0 aliphatic heterocycles. The fraction of sp³-hybridized carbons (Fsp3) is 0.217. The molecule has 0 spiro atoms. The van der Waals surface area contributed by atoms with E-state index in [1.165, 1.54) is 146 Å². The van der Waals surface area contributed by atoms with Crippen molar-refractivity contribution >= 4 is 0 Å². The lowest BCUT2D eigenvalue weighted by molar-refractivity contribution is 0.356. The van der Waals surface area contributed by atoms with Gasteiger partial charge in [-0.3, -0.25) is 0 Å². The van der Waals surface area contributed by atoms with E-state index in [2.05, 4.69) is 0 Å². The summed E-state index contributed by atoms with van der Waals surface area (Å²) in [6.45, 7) is 0. The van der Waals surface area contributed by atoms with Crippen LogP contribution in [0.1, 0.15) is 114 Å². The summed E-state index contributed by atoms with van der Waals surface area (Å²) in [6.07, 6.45) is 1.59. The fourth-order valence-corrected chi connectivity index (χ4v) is 15.7. The molecule has 0 radical (unpaired) electrons. The maximum Gasteiger partial charge on any atom is 0.200 e. The predicted octanol–water partition coefficient (Wildman–Crippen LogP) is 12.7. The highest BCUT2D eigenvalue weighted by Gasteiger charge is 2.32. The Balaban J connectivity index is 0.000000241. The molecule has 0 aliphatic carbocycles. The molecule has 32 heteroatoms. The number of rotatable bonds is 30. The summed E-state index contributed by atoms with van der Waals surface area (Å²) < 4.78 is 0. The minimum atomic E-state index is -0.780. The molecular weight excluding hydrogens is 1620 g/mol. The molecule has 0 saturated carbocycles. The summed E-state index contributed by atoms with van der Waals surface area (Å²) >= 11 is 0. The zero-order valence-electron chi connectivity index (χ0n) is 65.8. The molecule has 0 saturated heterocycles. The number of hydrogen-bond acceptors (Lipinski definition) is 32. The van der Waals surface area contributed by atoms with Gasteiger partial charge in [-0.1, -0.05) is 0 Å². The molecular formula is C92H92O32. The maximum absolute atomic E-state index is 11.2. The van der Waals surface area contributed by atoms with E-state index < -0.39 is 162 Å². The van der Waals surface area contributed by atoms with E-state index >= 15 is 0 Å². The first-order valence-corrected chi connectivity index (χ1v) is 38.7. The van der Waals surface area contributed by atoms with E-state index in [4.69, 9.17) is 0 Å². The van der Waals surface area contributed by atoms with Crippen molar-refractivity contribution in [2.24, 2.45) is 11.8 Å². The van der Waals surface area contributed by atoms with Crippen LogP contribution in [0.2, 0.25) is 0 Å². The molecule has 0 aliphatic rings. The van der Waals surface area contributed by atoms with Crippen molar-refractivity contribution in [3.8, 4) is 184 Å². The molecule has 32 nitrogen and oxygen atoms in total. The number of phenolic OH excluding ortho intramolecular Hbond substituents is 32. The average molecular weight is 1710 g/mol. The molecule has 4 atom stereocenters. The lowest BCUT2D eigenvalue weighted by Gasteiger charge is -2.29. The molecule has 0 aromatic heterocycles. The highest BCUT2D eigenvalue weighted by molar-refractivity contribution is 5.61. The van der Waals surface area contributed by atoms with E-state index in [1.54, 1.807) is 0 Å². The van der Waals surface area contributed by atoms with E-state index in [9.17, 15) is 163 Å². The minimum Gasteiger partial charge on any atom is -0.508 e. The quantitative estimate of drug-likeness (QED) is 0.0186. The van der Waals surface area contributed by atoms with Gasteiger partial charge >= 0.3 is 0 Å². The summed E-state index contributed by atoms with van der Waals surface area (Å²) in [4.78, 5) is 0. The van der Waals surface area contributed by atoms with Crippen LogP contribution in [0, 0.1) is 11.8 Å². The lowest BCUT2D eigenvalue weighted by atomic mass is 9.75. The van der Waals surface area contributed by atoms with Gasteiger partial charge < -0.3 is 163 Å². The number of benzene rings is 12. The van der Waals surface area contributed by atoms with Crippen LogP contribution in [-0.4, -0.2) is 163 Å². The van der Waals surface area contributed by atoms with Crippen LogP contribution in [0.3, 0.4) is 0 Å². The third-order valence-corrected chi connectivity index (χ3v) is 22.2. The molecule has 12 aromatic carbocycles. The van der Waals surface area contributed by atoms with Gasteiger partial charge in [-0.2, -0.15) is 0 Å². The maximum atomic E-state index is 11.2. The fourth-order valence-electron chi connectivity index (χ4n) is 15.7. The number of aromatic hydroxyl groups is 32. The second-order valence-electron chi connectivity index (χ2n) is 30.8. The van der Waals surface area contributed by atoms with Crippen molar-refractivity contribution < 1.29 is 163 Å². The van der Waals surface area contributed by atoms with Crippen LogP contribution in [-0.2, 0) is 89.9 Å². The largest absolute Gasteiger partial charge is 0.508 e. The smallest absolute Gasteiger partial charge is 0.200 e. The van der Waals surface area contributed by atoms with Gasteiger partial charge in [0.2, 0.25) is 0 Å². The number of phenols is 32. The number of aryl methyl sites for hydroxylation is 6. The Morgan fingerprint density at radius 1 is 0.137 bits per heavy atom. The minimum absolute atomic E-state index is 0.00384. The van der Waals surface area contributed by atoms with Gasteiger partial charge in [0.05, 0.1) is 0 Å². The van der Waals surface area contributed by atoms with Gasteiger partial charge in [0.25, 0.3) is 0 Å². The SMILES string of the molecule is Oc1cc(CCc2c(O)cc(C[C@@H](CCc3cc(O)c(O)c(O)c3)[C@@H](Cc3cc(O)c(CCc4cc(O)c(O)c(O)c4)c(O)c3)c3cc(O)c(O)c(O)c3)cc2O)cc(O)c1O.Oc1cc(CCc2c(O)cc(C[C@H](CCc3cc(O)c(O)c(O)c3)[C@H](Cc3cc(O)c(CCc4cc(O)c(O)c(O)c4)c(O)c3)c3cc(O)c(O)c(O)c3)cc2O)cc(O)c1O. The van der Waals surface area contributed by atoms with Crippen molar-refractivity contribution in [3.63, 3.8) is 0 Å². The van der Waals surface area contributed by atoms with E-state index in [1.807, 2.05) is 0 Å². The van der Waals surface area contributed by atoms with E-state index in [0.717, 1.165) is 0 Å². The predicted molar refractivity (Wildman–Crippen MR) is 444 cm³/mol. The summed E-state index contributed by atoms with van der Waals surface area (Å²) in [7, 11) is 0. The third-order valence-electron chi connectivity index (χ3n) is 22.2. The molecule has 32 N–H and O–H groups in total. The van der Waals surface area contributed by atoms with E-state index in [-0.39, 0.29) is 171 Å². The van der Waals surface area contributed by atoms with Gasteiger partial charge in [0, 0.05) is 22.3 Å². The Hall–Kier alpha value is -15.8. The summed E-state index contributed by atoms with van der Waals surface area (Å²) in [5.41, 5.74) is 5.10. The van der Waals surface area contributed by atoms with Crippen molar-refractivity contribution in [1.82, 2.24) is 0 Å².